The molecule has 11 rings (SSSR count). The third-order valence-corrected chi connectivity index (χ3v) is 11.9. The minimum absolute atomic E-state index is 0.600. The lowest BCUT2D eigenvalue weighted by Crippen LogP contribution is -2.00. The summed E-state index contributed by atoms with van der Waals surface area (Å²) in [5.74, 6) is 1.84. The first-order valence-electron chi connectivity index (χ1n) is 18.7. The Morgan fingerprint density at radius 3 is 1.46 bits per heavy atom. The second-order valence-electron chi connectivity index (χ2n) is 13.9. The number of hydrogen-bond acceptors (Lipinski definition) is 5. The van der Waals surface area contributed by atoms with Crippen molar-refractivity contribution in [2.45, 2.75) is 0 Å². The first-order valence-corrected chi connectivity index (χ1v) is 19.5. The summed E-state index contributed by atoms with van der Waals surface area (Å²) in [5.41, 5.74) is 11.5. The molecular weight excluding hydrogens is 703 g/mol. The summed E-state index contributed by atoms with van der Waals surface area (Å²) in [6.07, 6.45) is 0. The van der Waals surface area contributed by atoms with Crippen molar-refractivity contribution in [3.05, 3.63) is 188 Å². The van der Waals surface area contributed by atoms with Gasteiger partial charge in [0.25, 0.3) is 0 Å². The number of furan rings is 1. The summed E-state index contributed by atoms with van der Waals surface area (Å²) in [6, 6.07) is 65.5. The van der Waals surface area contributed by atoms with Gasteiger partial charge >= 0.3 is 0 Å². The van der Waals surface area contributed by atoms with Crippen molar-refractivity contribution in [3.8, 4) is 67.5 Å². The fraction of sp³-hybridized carbons (Fsp3) is 0. The van der Waals surface area contributed by atoms with Gasteiger partial charge in [0.05, 0.1) is 0 Å². The second kappa shape index (κ2) is 13.3. The number of benzene rings is 8. The minimum Gasteiger partial charge on any atom is -0.456 e. The van der Waals surface area contributed by atoms with Gasteiger partial charge in [-0.05, 0) is 51.6 Å². The van der Waals surface area contributed by atoms with E-state index in [1.165, 1.54) is 42.4 Å². The number of fused-ring (bicyclic) bond motifs is 6. The summed E-state index contributed by atoms with van der Waals surface area (Å²) in [4.78, 5) is 15.2. The van der Waals surface area contributed by atoms with Crippen molar-refractivity contribution < 1.29 is 4.42 Å². The molecule has 0 aliphatic heterocycles. The van der Waals surface area contributed by atoms with Gasteiger partial charge in [0, 0.05) is 47.6 Å². The zero-order valence-electron chi connectivity index (χ0n) is 30.1. The molecule has 11 aromatic rings. The molecule has 262 valence electrons. The first-order chi connectivity index (χ1) is 27.7. The van der Waals surface area contributed by atoms with E-state index < -0.39 is 0 Å². The first kappa shape index (κ1) is 32.2. The van der Waals surface area contributed by atoms with Crippen LogP contribution in [0.25, 0.3) is 110 Å². The molecule has 0 N–H and O–H groups in total. The molecule has 0 atom stereocenters. The summed E-state index contributed by atoms with van der Waals surface area (Å²) in [7, 11) is 0. The molecule has 0 amide bonds. The van der Waals surface area contributed by atoms with Gasteiger partial charge in [-0.25, -0.2) is 15.0 Å². The number of rotatable bonds is 6. The Morgan fingerprint density at radius 2 is 0.804 bits per heavy atom. The zero-order valence-corrected chi connectivity index (χ0v) is 30.9. The van der Waals surface area contributed by atoms with Crippen LogP contribution in [0.3, 0.4) is 0 Å². The Hall–Kier alpha value is -7.21. The predicted octanol–water partition coefficient (Wildman–Crippen LogP) is 14.1. The largest absolute Gasteiger partial charge is 0.456 e. The highest BCUT2D eigenvalue weighted by molar-refractivity contribution is 7.26. The molecule has 0 aliphatic carbocycles. The Labute approximate surface area is 327 Å². The molecule has 0 bridgehead atoms. The van der Waals surface area contributed by atoms with E-state index in [2.05, 4.69) is 140 Å². The van der Waals surface area contributed by atoms with Gasteiger partial charge in [-0.1, -0.05) is 170 Å². The van der Waals surface area contributed by atoms with Crippen LogP contribution in [0.1, 0.15) is 0 Å². The third kappa shape index (κ3) is 5.48. The van der Waals surface area contributed by atoms with E-state index in [1.54, 1.807) is 0 Å². The van der Waals surface area contributed by atoms with Gasteiger partial charge in [0.2, 0.25) is 0 Å². The number of thiophene rings is 1. The van der Waals surface area contributed by atoms with Crippen LogP contribution < -0.4 is 0 Å². The van der Waals surface area contributed by atoms with Crippen LogP contribution in [0.2, 0.25) is 0 Å². The predicted molar refractivity (Wildman–Crippen MR) is 233 cm³/mol. The maximum absolute atomic E-state index is 6.64. The third-order valence-electron chi connectivity index (χ3n) is 10.6. The van der Waals surface area contributed by atoms with E-state index in [0.717, 1.165) is 49.8 Å². The average Bonchev–Trinajstić information content (AvgIpc) is 3.86. The molecule has 8 aromatic carbocycles. The molecule has 0 radical (unpaired) electrons. The van der Waals surface area contributed by atoms with Gasteiger partial charge in [0.1, 0.15) is 11.2 Å². The van der Waals surface area contributed by atoms with E-state index >= 15 is 0 Å². The minimum atomic E-state index is 0.600. The molecule has 0 saturated heterocycles. The lowest BCUT2D eigenvalue weighted by atomic mass is 9.99. The molecule has 5 heteroatoms. The standard InChI is InChI=1S/C51H31N3OS/c1-4-13-32(14-5-1)33-25-27-36(28-26-33)50-52-49(35-17-8-3-9-18-35)53-51(54-50)43-23-12-24-44-46(43)42-30-29-37(31-45(42)55-44)39-20-11-22-41-40-21-10-19-38(47(40)56-48(39)41)34-15-6-2-7-16-34/h1-31H. The molecule has 0 saturated carbocycles. The lowest BCUT2D eigenvalue weighted by Gasteiger charge is -2.10. The highest BCUT2D eigenvalue weighted by Crippen LogP contribution is 2.45. The summed E-state index contributed by atoms with van der Waals surface area (Å²) < 4.78 is 9.21. The zero-order chi connectivity index (χ0) is 37.0. The normalized spacial score (nSPS) is 11.6. The molecule has 4 nitrogen and oxygen atoms in total. The molecule has 3 aromatic heterocycles. The number of aromatic nitrogens is 3. The molecule has 0 aliphatic rings. The van der Waals surface area contributed by atoms with Crippen molar-refractivity contribution in [2.24, 2.45) is 0 Å². The Bertz CT molecular complexity index is 3230. The highest BCUT2D eigenvalue weighted by Gasteiger charge is 2.20. The van der Waals surface area contributed by atoms with Gasteiger partial charge < -0.3 is 4.42 Å². The van der Waals surface area contributed by atoms with Crippen LogP contribution in [0.15, 0.2) is 192 Å². The van der Waals surface area contributed by atoms with Crippen molar-refractivity contribution in [2.75, 3.05) is 0 Å². The maximum atomic E-state index is 6.64. The van der Waals surface area contributed by atoms with Crippen LogP contribution in [-0.4, -0.2) is 15.0 Å². The quantitative estimate of drug-likeness (QED) is 0.171. The molecule has 0 fully saturated rings. The Morgan fingerprint density at radius 1 is 0.321 bits per heavy atom. The Balaban J connectivity index is 1.04. The van der Waals surface area contributed by atoms with E-state index in [-0.39, 0.29) is 0 Å². The summed E-state index contributed by atoms with van der Waals surface area (Å²) in [5, 5.41) is 4.55. The van der Waals surface area contributed by atoms with Gasteiger partial charge in [-0.3, -0.25) is 0 Å². The fourth-order valence-electron chi connectivity index (χ4n) is 7.86. The topological polar surface area (TPSA) is 51.8 Å². The van der Waals surface area contributed by atoms with Crippen LogP contribution in [0, 0.1) is 0 Å². The van der Waals surface area contributed by atoms with Crippen LogP contribution in [-0.2, 0) is 0 Å². The van der Waals surface area contributed by atoms with E-state index in [9.17, 15) is 0 Å². The SMILES string of the molecule is c1ccc(-c2ccc(-c3nc(-c4ccccc4)nc(-c4cccc5oc6cc(-c7cccc8c7sc7c(-c9ccccc9)cccc78)ccc6c45)n3)cc2)cc1. The molecule has 56 heavy (non-hydrogen) atoms. The van der Waals surface area contributed by atoms with E-state index in [1.807, 2.05) is 59.9 Å². The van der Waals surface area contributed by atoms with E-state index in [4.69, 9.17) is 19.4 Å². The van der Waals surface area contributed by atoms with Crippen LogP contribution in [0.4, 0.5) is 0 Å². The van der Waals surface area contributed by atoms with Crippen LogP contribution >= 0.6 is 11.3 Å². The van der Waals surface area contributed by atoms with Crippen molar-refractivity contribution in [1.82, 2.24) is 15.0 Å². The summed E-state index contributed by atoms with van der Waals surface area (Å²) in [6.45, 7) is 0. The molecule has 0 spiro atoms. The smallest absolute Gasteiger partial charge is 0.164 e. The van der Waals surface area contributed by atoms with Crippen LogP contribution in [0.5, 0.6) is 0 Å². The van der Waals surface area contributed by atoms with Crippen molar-refractivity contribution in [3.63, 3.8) is 0 Å². The van der Waals surface area contributed by atoms with Crippen molar-refractivity contribution >= 4 is 53.4 Å². The van der Waals surface area contributed by atoms with Gasteiger partial charge in [-0.2, -0.15) is 0 Å². The molecule has 0 unspecified atom stereocenters. The fourth-order valence-corrected chi connectivity index (χ4v) is 9.23. The molecular formula is C51H31N3OS. The highest BCUT2D eigenvalue weighted by atomic mass is 32.1. The van der Waals surface area contributed by atoms with Crippen molar-refractivity contribution in [1.29, 1.82) is 0 Å². The average molecular weight is 734 g/mol. The second-order valence-corrected chi connectivity index (χ2v) is 15.0. The molecule has 3 heterocycles. The monoisotopic (exact) mass is 733 g/mol. The number of nitrogens with zero attached hydrogens (tertiary/aromatic N) is 3. The van der Waals surface area contributed by atoms with E-state index in [0.29, 0.717) is 17.5 Å². The van der Waals surface area contributed by atoms with Gasteiger partial charge in [0.15, 0.2) is 17.5 Å². The van der Waals surface area contributed by atoms with Gasteiger partial charge in [-0.15, -0.1) is 11.3 Å². The number of hydrogen-bond donors (Lipinski definition) is 0. The summed E-state index contributed by atoms with van der Waals surface area (Å²) >= 11 is 1.86. The maximum Gasteiger partial charge on any atom is 0.164 e. The Kier molecular flexibility index (Phi) is 7.64. The lowest BCUT2D eigenvalue weighted by molar-refractivity contribution is 0.669.